The highest BCUT2D eigenvalue weighted by molar-refractivity contribution is 9.10. The highest BCUT2D eigenvalue weighted by Crippen LogP contribution is 2.29. The second-order valence-electron chi connectivity index (χ2n) is 4.51. The SMILES string of the molecule is Fc1cccc(CNCc2cccc(C(F)(F)F)c2)c1Br. The van der Waals surface area contributed by atoms with Gasteiger partial charge in [0.05, 0.1) is 10.0 Å². The highest BCUT2D eigenvalue weighted by Gasteiger charge is 2.30. The van der Waals surface area contributed by atoms with E-state index in [4.69, 9.17) is 0 Å². The summed E-state index contributed by atoms with van der Waals surface area (Å²) >= 11 is 3.14. The van der Waals surface area contributed by atoms with Crippen LogP contribution in [0.4, 0.5) is 17.6 Å². The summed E-state index contributed by atoms with van der Waals surface area (Å²) in [6, 6.07) is 9.79. The van der Waals surface area contributed by atoms with Crippen molar-refractivity contribution in [2.45, 2.75) is 19.3 Å². The lowest BCUT2D eigenvalue weighted by molar-refractivity contribution is -0.137. The third-order valence-corrected chi connectivity index (χ3v) is 3.82. The molecule has 1 nitrogen and oxygen atoms in total. The maximum absolute atomic E-state index is 13.3. The first-order valence-electron chi connectivity index (χ1n) is 6.17. The van der Waals surface area contributed by atoms with E-state index in [9.17, 15) is 17.6 Å². The predicted molar refractivity (Wildman–Crippen MR) is 76.1 cm³/mol. The minimum absolute atomic E-state index is 0.271. The van der Waals surface area contributed by atoms with Crippen molar-refractivity contribution in [2.24, 2.45) is 0 Å². The van der Waals surface area contributed by atoms with E-state index in [1.807, 2.05) is 0 Å². The molecule has 0 atom stereocenters. The second-order valence-corrected chi connectivity index (χ2v) is 5.31. The van der Waals surface area contributed by atoms with Crippen molar-refractivity contribution in [1.82, 2.24) is 5.32 Å². The molecule has 6 heteroatoms. The van der Waals surface area contributed by atoms with Crippen molar-refractivity contribution in [3.63, 3.8) is 0 Å². The summed E-state index contributed by atoms with van der Waals surface area (Å²) in [5.41, 5.74) is 0.563. The van der Waals surface area contributed by atoms with Crippen LogP contribution >= 0.6 is 15.9 Å². The number of rotatable bonds is 4. The maximum atomic E-state index is 13.3. The minimum Gasteiger partial charge on any atom is -0.309 e. The van der Waals surface area contributed by atoms with Gasteiger partial charge in [-0.25, -0.2) is 4.39 Å². The van der Waals surface area contributed by atoms with Gasteiger partial charge in [-0.1, -0.05) is 30.3 Å². The number of hydrogen-bond donors (Lipinski definition) is 1. The van der Waals surface area contributed by atoms with E-state index >= 15 is 0 Å². The summed E-state index contributed by atoms with van der Waals surface area (Å²) in [6.45, 7) is 0.626. The van der Waals surface area contributed by atoms with Gasteiger partial charge in [-0.2, -0.15) is 13.2 Å². The molecule has 0 aliphatic rings. The van der Waals surface area contributed by atoms with Gasteiger partial charge in [0.1, 0.15) is 5.82 Å². The van der Waals surface area contributed by atoms with Crippen molar-refractivity contribution >= 4 is 15.9 Å². The third-order valence-electron chi connectivity index (χ3n) is 2.93. The van der Waals surface area contributed by atoms with Gasteiger partial charge in [0, 0.05) is 13.1 Å². The van der Waals surface area contributed by atoms with Crippen LogP contribution in [0.1, 0.15) is 16.7 Å². The van der Waals surface area contributed by atoms with E-state index in [1.165, 1.54) is 12.1 Å². The lowest BCUT2D eigenvalue weighted by atomic mass is 10.1. The van der Waals surface area contributed by atoms with Gasteiger partial charge < -0.3 is 5.32 Å². The maximum Gasteiger partial charge on any atom is 0.416 e. The lowest BCUT2D eigenvalue weighted by Gasteiger charge is -2.10. The van der Waals surface area contributed by atoms with Gasteiger partial charge in [-0.15, -0.1) is 0 Å². The monoisotopic (exact) mass is 361 g/mol. The Bertz CT molecular complexity index is 625. The smallest absolute Gasteiger partial charge is 0.309 e. The standard InChI is InChI=1S/C15H12BrF4N/c16-14-11(4-2-6-13(14)17)9-21-8-10-3-1-5-12(7-10)15(18,19)20/h1-7,21H,8-9H2. The molecule has 0 spiro atoms. The number of benzene rings is 2. The van der Waals surface area contributed by atoms with Crippen molar-refractivity contribution in [3.8, 4) is 0 Å². The highest BCUT2D eigenvalue weighted by atomic mass is 79.9. The Labute approximate surface area is 128 Å². The molecule has 0 radical (unpaired) electrons. The summed E-state index contributed by atoms with van der Waals surface area (Å²) in [4.78, 5) is 0. The second kappa shape index (κ2) is 6.58. The molecule has 0 fully saturated rings. The van der Waals surface area contributed by atoms with E-state index in [2.05, 4.69) is 21.2 Å². The number of halogens is 5. The van der Waals surface area contributed by atoms with E-state index < -0.39 is 11.7 Å². The number of alkyl halides is 3. The van der Waals surface area contributed by atoms with Crippen molar-refractivity contribution < 1.29 is 17.6 Å². The third kappa shape index (κ3) is 4.28. The number of hydrogen-bond acceptors (Lipinski definition) is 1. The van der Waals surface area contributed by atoms with E-state index in [0.717, 1.165) is 12.1 Å². The quantitative estimate of drug-likeness (QED) is 0.764. The van der Waals surface area contributed by atoms with E-state index in [0.29, 0.717) is 22.1 Å². The van der Waals surface area contributed by atoms with Crippen LogP contribution in [0.5, 0.6) is 0 Å². The Balaban J connectivity index is 1.99. The zero-order valence-electron chi connectivity index (χ0n) is 10.8. The molecule has 21 heavy (non-hydrogen) atoms. The van der Waals surface area contributed by atoms with Gasteiger partial charge in [-0.3, -0.25) is 0 Å². The molecule has 112 valence electrons. The van der Waals surface area contributed by atoms with Crippen molar-refractivity contribution in [2.75, 3.05) is 0 Å². The van der Waals surface area contributed by atoms with Crippen LogP contribution in [-0.4, -0.2) is 0 Å². The molecule has 2 rings (SSSR count). The molecule has 1 N–H and O–H groups in total. The fourth-order valence-corrected chi connectivity index (χ4v) is 2.29. The molecule has 0 heterocycles. The first-order chi connectivity index (χ1) is 9.88. The van der Waals surface area contributed by atoms with Crippen LogP contribution in [0.25, 0.3) is 0 Å². The topological polar surface area (TPSA) is 12.0 Å². The molecule has 2 aromatic carbocycles. The van der Waals surface area contributed by atoms with Gasteiger partial charge >= 0.3 is 6.18 Å². The normalized spacial score (nSPS) is 11.7. The molecule has 0 amide bonds. The number of nitrogens with one attached hydrogen (secondary N) is 1. The molecule has 0 unspecified atom stereocenters. The molecule has 0 saturated carbocycles. The predicted octanol–water partition coefficient (Wildman–Crippen LogP) is 4.90. The summed E-state index contributed by atoms with van der Waals surface area (Å²) < 4.78 is 51.4. The van der Waals surface area contributed by atoms with Crippen LogP contribution in [0.3, 0.4) is 0 Å². The van der Waals surface area contributed by atoms with Crippen LogP contribution < -0.4 is 5.32 Å². The summed E-state index contributed by atoms with van der Waals surface area (Å²) in [5, 5.41) is 3.00. The largest absolute Gasteiger partial charge is 0.416 e. The molecule has 0 saturated heterocycles. The molecule has 0 bridgehead atoms. The molecular weight excluding hydrogens is 350 g/mol. The Hall–Kier alpha value is -1.40. The fraction of sp³-hybridized carbons (Fsp3) is 0.200. The van der Waals surface area contributed by atoms with Gasteiger partial charge in [0.15, 0.2) is 0 Å². The minimum atomic E-state index is -4.35. The van der Waals surface area contributed by atoms with Crippen LogP contribution in [0.2, 0.25) is 0 Å². The summed E-state index contributed by atoms with van der Waals surface area (Å²) in [7, 11) is 0. The van der Waals surface area contributed by atoms with Crippen LogP contribution in [-0.2, 0) is 19.3 Å². The molecule has 0 aromatic heterocycles. The summed E-state index contributed by atoms with van der Waals surface area (Å²) in [6.07, 6.45) is -4.35. The zero-order valence-corrected chi connectivity index (χ0v) is 12.4. The molecular formula is C15H12BrF4N. The van der Waals surface area contributed by atoms with Crippen LogP contribution in [0.15, 0.2) is 46.9 Å². The average Bonchev–Trinajstić information content (AvgIpc) is 2.43. The molecule has 0 aliphatic heterocycles. The van der Waals surface area contributed by atoms with Crippen LogP contribution in [0, 0.1) is 5.82 Å². The Kier molecular flexibility index (Phi) is 5.00. The summed E-state index contributed by atoms with van der Waals surface area (Å²) in [5.74, 6) is -0.367. The van der Waals surface area contributed by atoms with Crippen molar-refractivity contribution in [3.05, 3.63) is 69.4 Å². The van der Waals surface area contributed by atoms with Gasteiger partial charge in [0.2, 0.25) is 0 Å². The average molecular weight is 362 g/mol. The van der Waals surface area contributed by atoms with E-state index in [1.54, 1.807) is 18.2 Å². The van der Waals surface area contributed by atoms with Gasteiger partial charge in [-0.05, 0) is 39.2 Å². The van der Waals surface area contributed by atoms with Crippen molar-refractivity contribution in [1.29, 1.82) is 0 Å². The molecule has 2 aromatic rings. The Morgan fingerprint density at radius 1 is 1.00 bits per heavy atom. The molecule has 0 aliphatic carbocycles. The zero-order chi connectivity index (χ0) is 15.5. The Morgan fingerprint density at radius 2 is 1.71 bits per heavy atom. The lowest BCUT2D eigenvalue weighted by Crippen LogP contribution is -2.14. The first-order valence-corrected chi connectivity index (χ1v) is 6.97. The Morgan fingerprint density at radius 3 is 2.43 bits per heavy atom. The fourth-order valence-electron chi connectivity index (χ4n) is 1.88. The van der Waals surface area contributed by atoms with E-state index in [-0.39, 0.29) is 12.4 Å². The van der Waals surface area contributed by atoms with Gasteiger partial charge in [0.25, 0.3) is 0 Å². The first kappa shape index (κ1) is 16.0.